The van der Waals surface area contributed by atoms with Crippen molar-refractivity contribution in [1.29, 1.82) is 0 Å². The summed E-state index contributed by atoms with van der Waals surface area (Å²) < 4.78 is 29.3. The number of nitrogens with zero attached hydrogens (tertiary/aromatic N) is 2. The number of rotatable bonds is 5. The maximum atomic E-state index is 12.7. The van der Waals surface area contributed by atoms with Gasteiger partial charge in [0.15, 0.2) is 0 Å². The van der Waals surface area contributed by atoms with Crippen LogP contribution in [0.5, 0.6) is 0 Å². The first-order chi connectivity index (χ1) is 14.3. The van der Waals surface area contributed by atoms with Crippen LogP contribution in [0.4, 0.5) is 11.6 Å². The van der Waals surface area contributed by atoms with E-state index >= 15 is 0 Å². The third-order valence-corrected chi connectivity index (χ3v) is 6.13. The first-order valence-electron chi connectivity index (χ1n) is 8.95. The molecule has 0 aliphatic carbocycles. The van der Waals surface area contributed by atoms with Gasteiger partial charge in [0.2, 0.25) is 5.95 Å². The number of amides is 1. The Bertz CT molecular complexity index is 1350. The first-order valence-corrected chi connectivity index (χ1v) is 10.8. The summed E-state index contributed by atoms with van der Waals surface area (Å²) in [7, 11) is -1.97. The van der Waals surface area contributed by atoms with Crippen LogP contribution in [-0.4, -0.2) is 23.9 Å². The van der Waals surface area contributed by atoms with Gasteiger partial charge in [-0.3, -0.25) is 14.8 Å². The summed E-state index contributed by atoms with van der Waals surface area (Å²) >= 11 is 6.00. The maximum absolute atomic E-state index is 12.7. The van der Waals surface area contributed by atoms with Gasteiger partial charge in [-0.2, -0.15) is 0 Å². The van der Waals surface area contributed by atoms with Crippen LogP contribution < -0.4 is 10.0 Å². The van der Waals surface area contributed by atoms with E-state index in [-0.39, 0.29) is 16.1 Å². The molecule has 2 N–H and O–H groups in total. The lowest BCUT2D eigenvalue weighted by atomic mass is 10.2. The van der Waals surface area contributed by atoms with Crippen molar-refractivity contribution in [2.45, 2.75) is 4.90 Å². The molecule has 3 aromatic carbocycles. The third kappa shape index (κ3) is 4.00. The zero-order valence-corrected chi connectivity index (χ0v) is 17.4. The molecule has 0 aliphatic rings. The zero-order valence-electron chi connectivity index (χ0n) is 15.8. The number of aryl methyl sites for hydroxylation is 1. The summed E-state index contributed by atoms with van der Waals surface area (Å²) in [6, 6.07) is 19.5. The Kier molecular flexibility index (Phi) is 5.19. The third-order valence-electron chi connectivity index (χ3n) is 4.50. The Morgan fingerprint density at radius 1 is 1.00 bits per heavy atom. The molecule has 4 aromatic rings. The van der Waals surface area contributed by atoms with Crippen LogP contribution in [0.2, 0.25) is 5.02 Å². The molecule has 0 aliphatic heterocycles. The fourth-order valence-corrected chi connectivity index (χ4v) is 4.23. The number of anilines is 2. The highest BCUT2D eigenvalue weighted by Crippen LogP contribution is 2.23. The van der Waals surface area contributed by atoms with E-state index < -0.39 is 15.9 Å². The van der Waals surface area contributed by atoms with Crippen molar-refractivity contribution >= 4 is 50.2 Å². The predicted octanol–water partition coefficient (Wildman–Crippen LogP) is 4.28. The lowest BCUT2D eigenvalue weighted by Crippen LogP contribution is -2.16. The van der Waals surface area contributed by atoms with Crippen molar-refractivity contribution < 1.29 is 13.2 Å². The minimum atomic E-state index is -3.75. The van der Waals surface area contributed by atoms with Gasteiger partial charge in [0.25, 0.3) is 15.9 Å². The molecule has 9 heteroatoms. The lowest BCUT2D eigenvalue weighted by molar-refractivity contribution is 0.102. The smallest absolute Gasteiger partial charge is 0.261 e. The number of hydrogen-bond donors (Lipinski definition) is 2. The number of halogens is 1. The minimum Gasteiger partial charge on any atom is -0.313 e. The van der Waals surface area contributed by atoms with E-state index in [4.69, 9.17) is 11.6 Å². The molecular weight excluding hydrogens is 424 g/mol. The Labute approximate surface area is 178 Å². The summed E-state index contributed by atoms with van der Waals surface area (Å²) in [5.74, 6) is -0.0622. The topological polar surface area (TPSA) is 93.1 Å². The van der Waals surface area contributed by atoms with Gasteiger partial charge in [-0.05, 0) is 48.5 Å². The standard InChI is InChI=1S/C21H17ClN4O3S/c1-26-19-11-10-15(22)13-18(19)23-21(26)24-20(27)14-6-5-7-16(12-14)25-30(28,29)17-8-3-2-4-9-17/h2-13,25H,1H3,(H,23,24,27). The van der Waals surface area contributed by atoms with E-state index in [2.05, 4.69) is 15.0 Å². The minimum absolute atomic E-state index is 0.137. The number of imidazole rings is 1. The van der Waals surface area contributed by atoms with E-state index in [1.807, 2.05) is 6.07 Å². The van der Waals surface area contributed by atoms with Crippen LogP contribution in [-0.2, 0) is 17.1 Å². The molecule has 0 atom stereocenters. The second-order valence-electron chi connectivity index (χ2n) is 6.58. The predicted molar refractivity (Wildman–Crippen MR) is 117 cm³/mol. The normalized spacial score (nSPS) is 11.4. The summed E-state index contributed by atoms with van der Waals surface area (Å²) in [5, 5.41) is 3.30. The SMILES string of the molecule is Cn1c(NC(=O)c2cccc(NS(=O)(=O)c3ccccc3)c2)nc2cc(Cl)ccc21. The molecule has 0 saturated heterocycles. The molecule has 0 saturated carbocycles. The second kappa shape index (κ2) is 7.81. The molecule has 0 bridgehead atoms. The molecule has 4 rings (SSSR count). The van der Waals surface area contributed by atoms with Crippen LogP contribution >= 0.6 is 11.6 Å². The van der Waals surface area contributed by atoms with Crippen molar-refractivity contribution in [2.24, 2.45) is 7.05 Å². The van der Waals surface area contributed by atoms with Gasteiger partial charge >= 0.3 is 0 Å². The van der Waals surface area contributed by atoms with Gasteiger partial charge in [-0.15, -0.1) is 0 Å². The summed E-state index contributed by atoms with van der Waals surface area (Å²) in [6.07, 6.45) is 0. The Morgan fingerprint density at radius 3 is 2.53 bits per heavy atom. The molecule has 7 nitrogen and oxygen atoms in total. The maximum Gasteiger partial charge on any atom is 0.261 e. The van der Waals surface area contributed by atoms with Gasteiger partial charge in [0.1, 0.15) is 0 Å². The molecule has 1 heterocycles. The van der Waals surface area contributed by atoms with E-state index in [9.17, 15) is 13.2 Å². The van der Waals surface area contributed by atoms with Crippen molar-refractivity contribution in [3.8, 4) is 0 Å². The number of sulfonamides is 1. The molecule has 0 fully saturated rings. The van der Waals surface area contributed by atoms with Crippen LogP contribution in [0.15, 0.2) is 77.7 Å². The molecule has 152 valence electrons. The van der Waals surface area contributed by atoms with Gasteiger partial charge in [0.05, 0.1) is 15.9 Å². The zero-order chi connectivity index (χ0) is 21.3. The van der Waals surface area contributed by atoms with E-state index in [0.29, 0.717) is 16.5 Å². The van der Waals surface area contributed by atoms with Gasteiger partial charge in [0, 0.05) is 23.3 Å². The first kappa shape index (κ1) is 19.9. The number of nitrogens with one attached hydrogen (secondary N) is 2. The molecule has 0 radical (unpaired) electrons. The van der Waals surface area contributed by atoms with Crippen molar-refractivity contribution in [3.63, 3.8) is 0 Å². The van der Waals surface area contributed by atoms with Crippen molar-refractivity contribution in [3.05, 3.63) is 83.4 Å². The quantitative estimate of drug-likeness (QED) is 0.484. The number of benzene rings is 3. The fraction of sp³-hybridized carbons (Fsp3) is 0.0476. The van der Waals surface area contributed by atoms with Gasteiger partial charge in [-0.25, -0.2) is 13.4 Å². The van der Waals surface area contributed by atoms with Gasteiger partial charge < -0.3 is 4.57 Å². The Hall–Kier alpha value is -3.36. The molecular formula is C21H17ClN4O3S. The van der Waals surface area contributed by atoms with Gasteiger partial charge in [-0.1, -0.05) is 35.9 Å². The van der Waals surface area contributed by atoms with Crippen molar-refractivity contribution in [1.82, 2.24) is 9.55 Å². The van der Waals surface area contributed by atoms with E-state index in [1.54, 1.807) is 60.1 Å². The molecule has 0 spiro atoms. The largest absolute Gasteiger partial charge is 0.313 e. The average molecular weight is 441 g/mol. The number of carbonyl (C=O) groups excluding carboxylic acids is 1. The van der Waals surface area contributed by atoms with E-state index in [0.717, 1.165) is 5.52 Å². The monoisotopic (exact) mass is 440 g/mol. The number of fused-ring (bicyclic) bond motifs is 1. The highest BCUT2D eigenvalue weighted by Gasteiger charge is 2.16. The molecule has 1 aromatic heterocycles. The van der Waals surface area contributed by atoms with Crippen molar-refractivity contribution in [2.75, 3.05) is 10.0 Å². The van der Waals surface area contributed by atoms with E-state index in [1.165, 1.54) is 18.2 Å². The van der Waals surface area contributed by atoms with Crippen LogP contribution in [0.1, 0.15) is 10.4 Å². The van der Waals surface area contributed by atoms with Crippen LogP contribution in [0.25, 0.3) is 11.0 Å². The number of aromatic nitrogens is 2. The number of hydrogen-bond acceptors (Lipinski definition) is 4. The summed E-state index contributed by atoms with van der Waals surface area (Å²) in [4.78, 5) is 17.3. The highest BCUT2D eigenvalue weighted by atomic mass is 35.5. The average Bonchev–Trinajstić information content (AvgIpc) is 3.03. The molecule has 1 amide bonds. The highest BCUT2D eigenvalue weighted by molar-refractivity contribution is 7.92. The number of carbonyl (C=O) groups is 1. The summed E-state index contributed by atoms with van der Waals surface area (Å²) in [6.45, 7) is 0. The second-order valence-corrected chi connectivity index (χ2v) is 8.70. The molecule has 30 heavy (non-hydrogen) atoms. The fourth-order valence-electron chi connectivity index (χ4n) is 3.00. The Morgan fingerprint density at radius 2 is 1.77 bits per heavy atom. The lowest BCUT2D eigenvalue weighted by Gasteiger charge is -2.10. The molecule has 0 unspecified atom stereocenters. The Balaban J connectivity index is 1.57. The summed E-state index contributed by atoms with van der Waals surface area (Å²) in [5.41, 5.74) is 2.04. The van der Waals surface area contributed by atoms with Crippen LogP contribution in [0, 0.1) is 0 Å². The van der Waals surface area contributed by atoms with Crippen LogP contribution in [0.3, 0.4) is 0 Å².